The van der Waals surface area contributed by atoms with Crippen molar-refractivity contribution in [2.75, 3.05) is 5.32 Å². The van der Waals surface area contributed by atoms with Crippen LogP contribution < -0.4 is 10.8 Å². The zero-order chi connectivity index (χ0) is 16.8. The molecule has 1 fully saturated rings. The second-order valence-corrected chi connectivity index (χ2v) is 6.30. The van der Waals surface area contributed by atoms with E-state index in [1.165, 1.54) is 0 Å². The van der Waals surface area contributed by atoms with E-state index in [2.05, 4.69) is 10.3 Å². The Kier molecular flexibility index (Phi) is 3.34. The van der Waals surface area contributed by atoms with Gasteiger partial charge in [0, 0.05) is 36.0 Å². The van der Waals surface area contributed by atoms with E-state index in [1.807, 2.05) is 29.9 Å². The average Bonchev–Trinajstić information content (AvgIpc) is 3.31. The number of pyridine rings is 1. The van der Waals surface area contributed by atoms with Crippen LogP contribution in [-0.4, -0.2) is 28.5 Å². The van der Waals surface area contributed by atoms with Crippen LogP contribution in [0.1, 0.15) is 34.7 Å². The van der Waals surface area contributed by atoms with E-state index in [9.17, 15) is 9.90 Å². The summed E-state index contributed by atoms with van der Waals surface area (Å²) < 4.78 is 1.96. The Bertz CT molecular complexity index is 960. The molecule has 0 bridgehead atoms. The van der Waals surface area contributed by atoms with Crippen molar-refractivity contribution in [2.45, 2.75) is 18.8 Å². The van der Waals surface area contributed by atoms with Crippen molar-refractivity contribution in [1.82, 2.24) is 9.55 Å². The summed E-state index contributed by atoms with van der Waals surface area (Å²) in [6.07, 6.45) is 5.91. The number of nitrogens with one attached hydrogen (secondary N) is 1. The smallest absolute Gasteiger partial charge is 0.339 e. The van der Waals surface area contributed by atoms with Crippen LogP contribution in [0.5, 0.6) is 0 Å². The van der Waals surface area contributed by atoms with Crippen molar-refractivity contribution < 1.29 is 9.90 Å². The van der Waals surface area contributed by atoms with Crippen LogP contribution in [0, 0.1) is 0 Å². The average molecular weight is 317 g/mol. The Morgan fingerprint density at radius 1 is 1.38 bits per heavy atom. The fourth-order valence-electron chi connectivity index (χ4n) is 3.07. The summed E-state index contributed by atoms with van der Waals surface area (Å²) in [6, 6.07) is 7.43. The maximum atomic E-state index is 11.6. The lowest BCUT2D eigenvalue weighted by Crippen LogP contribution is -2.10. The van der Waals surface area contributed by atoms with E-state index in [-0.39, 0.29) is 5.56 Å². The molecule has 2 N–H and O–H groups in total. The highest BCUT2D eigenvalue weighted by Gasteiger charge is 2.26. The van der Waals surface area contributed by atoms with E-state index < -0.39 is 5.97 Å². The minimum atomic E-state index is -0.985. The molecule has 2 radical (unpaired) electrons. The Morgan fingerprint density at radius 3 is 2.88 bits per heavy atom. The van der Waals surface area contributed by atoms with Gasteiger partial charge in [-0.3, -0.25) is 0 Å². The number of hydrogen-bond acceptors (Lipinski definition) is 3. The Morgan fingerprint density at radius 2 is 2.17 bits per heavy atom. The normalized spacial score (nSPS) is 14.0. The van der Waals surface area contributed by atoms with Crippen LogP contribution in [-0.2, 0) is 7.05 Å². The number of anilines is 2. The molecule has 1 aromatic carbocycles. The Hall–Kier alpha value is -2.76. The molecule has 2 heterocycles. The summed E-state index contributed by atoms with van der Waals surface area (Å²) in [6.45, 7) is 0. The van der Waals surface area contributed by atoms with Crippen molar-refractivity contribution in [3.8, 4) is 0 Å². The Labute approximate surface area is 140 Å². The van der Waals surface area contributed by atoms with Gasteiger partial charge in [-0.25, -0.2) is 9.78 Å². The van der Waals surface area contributed by atoms with Crippen LogP contribution >= 0.6 is 0 Å². The number of benzene rings is 1. The predicted octanol–water partition coefficient (Wildman–Crippen LogP) is 2.69. The molecule has 24 heavy (non-hydrogen) atoms. The van der Waals surface area contributed by atoms with Gasteiger partial charge >= 0.3 is 5.97 Å². The number of aromatic nitrogens is 2. The number of carbonyl (C=O) groups is 1. The van der Waals surface area contributed by atoms with Crippen LogP contribution in [0.4, 0.5) is 11.5 Å². The first-order chi connectivity index (χ1) is 11.5. The monoisotopic (exact) mass is 317 g/mol. The van der Waals surface area contributed by atoms with Crippen molar-refractivity contribution in [1.29, 1.82) is 0 Å². The molecule has 0 unspecified atom stereocenters. The third-order valence-corrected chi connectivity index (χ3v) is 4.45. The maximum absolute atomic E-state index is 11.6. The van der Waals surface area contributed by atoms with Crippen LogP contribution in [0.3, 0.4) is 0 Å². The largest absolute Gasteiger partial charge is 0.478 e. The lowest BCUT2D eigenvalue weighted by molar-refractivity contribution is 0.0697. The van der Waals surface area contributed by atoms with Gasteiger partial charge in [0.25, 0.3) is 0 Å². The summed E-state index contributed by atoms with van der Waals surface area (Å²) in [5, 5.41) is 13.6. The molecule has 118 valence electrons. The number of nitrogens with zero attached hydrogens (tertiary/aromatic N) is 2. The minimum Gasteiger partial charge on any atom is -0.478 e. The van der Waals surface area contributed by atoms with Gasteiger partial charge in [0.15, 0.2) is 0 Å². The molecule has 5 nitrogen and oxygen atoms in total. The molecule has 1 aliphatic rings. The minimum absolute atomic E-state index is 0.186. The maximum Gasteiger partial charge on any atom is 0.339 e. The molecular weight excluding hydrogens is 301 g/mol. The number of carboxylic acid groups (broad SMARTS) is 1. The number of aryl methyl sites for hydroxylation is 1. The molecule has 6 heteroatoms. The van der Waals surface area contributed by atoms with E-state index in [0.717, 1.165) is 35.0 Å². The van der Waals surface area contributed by atoms with Crippen molar-refractivity contribution in [3.63, 3.8) is 0 Å². The first-order valence-electron chi connectivity index (χ1n) is 7.88. The highest BCUT2D eigenvalue weighted by atomic mass is 16.4. The molecule has 0 atom stereocenters. The molecule has 1 aliphatic carbocycles. The van der Waals surface area contributed by atoms with Gasteiger partial charge in [0.05, 0.1) is 0 Å². The van der Waals surface area contributed by atoms with Gasteiger partial charge in [0.1, 0.15) is 19.2 Å². The van der Waals surface area contributed by atoms with Crippen molar-refractivity contribution >= 4 is 41.7 Å². The fraction of sp³-hybridized carbons (Fsp3) is 0.222. The molecule has 4 rings (SSSR count). The highest BCUT2D eigenvalue weighted by Crippen LogP contribution is 2.40. The summed E-state index contributed by atoms with van der Waals surface area (Å²) in [5.41, 5.74) is 3.49. The van der Waals surface area contributed by atoms with Crippen LogP contribution in [0.25, 0.3) is 10.9 Å². The van der Waals surface area contributed by atoms with Crippen molar-refractivity contribution in [2.24, 2.45) is 7.05 Å². The highest BCUT2D eigenvalue weighted by molar-refractivity contribution is 6.38. The second-order valence-electron chi connectivity index (χ2n) is 6.30. The lowest BCUT2D eigenvalue weighted by atomic mass is 9.93. The van der Waals surface area contributed by atoms with Gasteiger partial charge in [-0.2, -0.15) is 0 Å². The van der Waals surface area contributed by atoms with Gasteiger partial charge in [0.2, 0.25) is 0 Å². The molecule has 0 saturated heterocycles. The summed E-state index contributed by atoms with van der Waals surface area (Å²) in [7, 11) is 8.07. The van der Waals surface area contributed by atoms with E-state index in [4.69, 9.17) is 7.85 Å². The summed E-state index contributed by atoms with van der Waals surface area (Å²) in [5.74, 6) is -0.191. The molecule has 1 saturated carbocycles. The lowest BCUT2D eigenvalue weighted by Gasteiger charge is -2.12. The van der Waals surface area contributed by atoms with Gasteiger partial charge in [-0.1, -0.05) is 5.46 Å². The number of carboxylic acids is 1. The van der Waals surface area contributed by atoms with Crippen LogP contribution in [0.15, 0.2) is 36.7 Å². The fourth-order valence-corrected chi connectivity index (χ4v) is 3.07. The molecule has 0 spiro atoms. The number of rotatable bonds is 4. The van der Waals surface area contributed by atoms with Gasteiger partial charge in [-0.15, -0.1) is 0 Å². The summed E-state index contributed by atoms with van der Waals surface area (Å²) >= 11 is 0. The quantitative estimate of drug-likeness (QED) is 0.726. The first-order valence-corrected chi connectivity index (χ1v) is 7.88. The van der Waals surface area contributed by atoms with E-state index >= 15 is 0 Å². The predicted molar refractivity (Wildman–Crippen MR) is 94.8 cm³/mol. The van der Waals surface area contributed by atoms with Crippen molar-refractivity contribution in [3.05, 3.63) is 47.8 Å². The zero-order valence-corrected chi connectivity index (χ0v) is 13.3. The molecule has 0 amide bonds. The number of fused-ring (bicyclic) bond motifs is 1. The molecule has 2 aromatic heterocycles. The molecule has 0 aliphatic heterocycles. The van der Waals surface area contributed by atoms with E-state index in [1.54, 1.807) is 18.3 Å². The number of hydrogen-bond donors (Lipinski definition) is 2. The first kappa shape index (κ1) is 14.8. The SMILES string of the molecule is [B]c1cc(Nc2ncc(C3CC3)cc2C(=O)O)cc2ccn(C)c12. The molecular formula is C18H16BN3O2. The zero-order valence-electron chi connectivity index (χ0n) is 13.3. The second kappa shape index (κ2) is 5.41. The topological polar surface area (TPSA) is 67.2 Å². The number of aromatic carboxylic acids is 1. The Balaban J connectivity index is 1.73. The van der Waals surface area contributed by atoms with E-state index in [0.29, 0.717) is 17.2 Å². The van der Waals surface area contributed by atoms with Crippen LogP contribution in [0.2, 0.25) is 0 Å². The molecule has 3 aromatic rings. The third kappa shape index (κ3) is 2.54. The summed E-state index contributed by atoms with van der Waals surface area (Å²) in [4.78, 5) is 15.9. The van der Waals surface area contributed by atoms with Gasteiger partial charge < -0.3 is 15.0 Å². The van der Waals surface area contributed by atoms with Gasteiger partial charge in [-0.05, 0) is 48.6 Å². The standard InChI is InChI=1S/C18H16BN3O2/c1-22-5-4-11-6-13(8-15(19)16(11)22)21-17-14(18(23)24)7-12(9-20-17)10-2-3-10/h4-10H,2-3H2,1H3,(H,20,21)(H,23,24). The third-order valence-electron chi connectivity index (χ3n) is 4.45.